The maximum Gasteiger partial charge on any atom is 0.174 e. The molecule has 0 aromatic carbocycles. The molecular formula is C7H7ClN4O. The van der Waals surface area contributed by atoms with E-state index < -0.39 is 0 Å². The molecule has 0 saturated carbocycles. The molecule has 1 aromatic heterocycles. The molecule has 0 aliphatic carbocycles. The SMILES string of the molecule is C#CCONc1ncnc(N)c1Cl. The van der Waals surface area contributed by atoms with E-state index in [2.05, 4.69) is 21.4 Å². The highest BCUT2D eigenvalue weighted by molar-refractivity contribution is 6.35. The van der Waals surface area contributed by atoms with Gasteiger partial charge in [0, 0.05) is 0 Å². The van der Waals surface area contributed by atoms with Crippen LogP contribution >= 0.6 is 11.6 Å². The Labute approximate surface area is 80.2 Å². The lowest BCUT2D eigenvalue weighted by atomic mass is 10.5. The summed E-state index contributed by atoms with van der Waals surface area (Å²) in [5, 5.41) is 0.208. The summed E-state index contributed by atoms with van der Waals surface area (Å²) in [6.07, 6.45) is 6.22. The Morgan fingerprint density at radius 3 is 3.15 bits per heavy atom. The Bertz CT molecular complexity index is 336. The fraction of sp³-hybridized carbons (Fsp3) is 0.143. The third kappa shape index (κ3) is 2.47. The van der Waals surface area contributed by atoms with Crippen LogP contribution in [0.5, 0.6) is 0 Å². The van der Waals surface area contributed by atoms with E-state index in [-0.39, 0.29) is 17.4 Å². The zero-order valence-corrected chi connectivity index (χ0v) is 7.38. The van der Waals surface area contributed by atoms with Gasteiger partial charge in [0.2, 0.25) is 0 Å². The fourth-order valence-corrected chi connectivity index (χ4v) is 0.737. The first-order chi connectivity index (χ1) is 6.25. The summed E-state index contributed by atoms with van der Waals surface area (Å²) in [5.41, 5.74) is 7.86. The predicted molar refractivity (Wildman–Crippen MR) is 49.9 cm³/mol. The summed E-state index contributed by atoms with van der Waals surface area (Å²) in [5.74, 6) is 2.75. The topological polar surface area (TPSA) is 73.1 Å². The van der Waals surface area contributed by atoms with E-state index >= 15 is 0 Å². The number of aromatic nitrogens is 2. The minimum absolute atomic E-state index is 0.111. The van der Waals surface area contributed by atoms with Crippen molar-refractivity contribution in [2.24, 2.45) is 0 Å². The third-order valence-electron chi connectivity index (χ3n) is 1.14. The van der Waals surface area contributed by atoms with Gasteiger partial charge in [-0.15, -0.1) is 6.42 Å². The molecule has 3 N–H and O–H groups in total. The molecule has 68 valence electrons. The van der Waals surface area contributed by atoms with E-state index in [9.17, 15) is 0 Å². The van der Waals surface area contributed by atoms with Crippen LogP contribution in [0.25, 0.3) is 0 Å². The number of hydrogen-bond acceptors (Lipinski definition) is 5. The monoisotopic (exact) mass is 198 g/mol. The van der Waals surface area contributed by atoms with E-state index in [0.29, 0.717) is 5.82 Å². The van der Waals surface area contributed by atoms with Gasteiger partial charge in [-0.1, -0.05) is 17.5 Å². The smallest absolute Gasteiger partial charge is 0.174 e. The number of halogens is 1. The molecule has 0 aliphatic heterocycles. The lowest BCUT2D eigenvalue weighted by Crippen LogP contribution is -2.05. The van der Waals surface area contributed by atoms with Crippen molar-refractivity contribution in [2.45, 2.75) is 0 Å². The van der Waals surface area contributed by atoms with Crippen molar-refractivity contribution in [3.05, 3.63) is 11.3 Å². The minimum atomic E-state index is 0.111. The maximum absolute atomic E-state index is 5.73. The molecule has 0 aliphatic rings. The second kappa shape index (κ2) is 4.50. The van der Waals surface area contributed by atoms with Crippen LogP contribution < -0.4 is 11.2 Å². The van der Waals surface area contributed by atoms with Crippen molar-refractivity contribution in [1.29, 1.82) is 0 Å². The van der Waals surface area contributed by atoms with Gasteiger partial charge in [0.05, 0.1) is 0 Å². The van der Waals surface area contributed by atoms with E-state index in [1.54, 1.807) is 0 Å². The second-order valence-corrected chi connectivity index (χ2v) is 2.39. The summed E-state index contributed by atoms with van der Waals surface area (Å²) in [6.45, 7) is 0.111. The first-order valence-corrected chi connectivity index (χ1v) is 3.70. The quantitative estimate of drug-likeness (QED) is 0.425. The zero-order valence-electron chi connectivity index (χ0n) is 6.62. The summed E-state index contributed by atoms with van der Waals surface area (Å²) in [4.78, 5) is 12.2. The van der Waals surface area contributed by atoms with E-state index in [0.717, 1.165) is 0 Å². The van der Waals surface area contributed by atoms with Gasteiger partial charge in [-0.2, -0.15) is 0 Å². The molecule has 0 radical (unpaired) electrons. The van der Waals surface area contributed by atoms with Crippen LogP contribution in [0.3, 0.4) is 0 Å². The van der Waals surface area contributed by atoms with Crippen LogP contribution in [0.1, 0.15) is 0 Å². The van der Waals surface area contributed by atoms with Gasteiger partial charge in [-0.05, 0) is 0 Å². The minimum Gasteiger partial charge on any atom is -0.382 e. The maximum atomic E-state index is 5.73. The van der Waals surface area contributed by atoms with Crippen LogP contribution in [0.15, 0.2) is 6.33 Å². The largest absolute Gasteiger partial charge is 0.382 e. The lowest BCUT2D eigenvalue weighted by Gasteiger charge is -2.05. The van der Waals surface area contributed by atoms with Crippen LogP contribution in [0.4, 0.5) is 11.6 Å². The summed E-state index contributed by atoms with van der Waals surface area (Å²) in [7, 11) is 0. The van der Waals surface area contributed by atoms with Crippen molar-refractivity contribution in [3.8, 4) is 12.3 Å². The van der Waals surface area contributed by atoms with Crippen molar-refractivity contribution < 1.29 is 4.84 Å². The van der Waals surface area contributed by atoms with E-state index in [1.807, 2.05) is 0 Å². The number of nitrogens with one attached hydrogen (secondary N) is 1. The highest BCUT2D eigenvalue weighted by Gasteiger charge is 2.04. The van der Waals surface area contributed by atoms with Crippen LogP contribution in [-0.2, 0) is 4.84 Å². The molecule has 13 heavy (non-hydrogen) atoms. The summed E-state index contributed by atoms with van der Waals surface area (Å²) >= 11 is 5.73. The number of nitrogen functional groups attached to an aromatic ring is 1. The van der Waals surface area contributed by atoms with Gasteiger partial charge >= 0.3 is 0 Å². The van der Waals surface area contributed by atoms with Crippen LogP contribution in [0.2, 0.25) is 5.02 Å². The molecule has 6 heteroatoms. The average Bonchev–Trinajstić information content (AvgIpc) is 2.13. The van der Waals surface area contributed by atoms with Gasteiger partial charge in [-0.3, -0.25) is 4.84 Å². The van der Waals surface area contributed by atoms with Crippen molar-refractivity contribution in [2.75, 3.05) is 17.8 Å². The van der Waals surface area contributed by atoms with Crippen molar-refractivity contribution in [1.82, 2.24) is 9.97 Å². The molecular weight excluding hydrogens is 192 g/mol. The highest BCUT2D eigenvalue weighted by Crippen LogP contribution is 2.22. The van der Waals surface area contributed by atoms with Crippen molar-refractivity contribution >= 4 is 23.2 Å². The number of terminal acetylenes is 1. The van der Waals surface area contributed by atoms with E-state index in [1.165, 1.54) is 6.33 Å². The average molecular weight is 199 g/mol. The molecule has 0 fully saturated rings. The Morgan fingerprint density at radius 2 is 2.46 bits per heavy atom. The standard InChI is InChI=1S/C7H7ClN4O/c1-2-3-13-12-7-5(8)6(9)10-4-11-7/h1,4H,3H2,(H3,9,10,11,12). The van der Waals surface area contributed by atoms with Gasteiger partial charge < -0.3 is 5.73 Å². The van der Waals surface area contributed by atoms with Gasteiger partial charge in [0.15, 0.2) is 5.82 Å². The fourth-order valence-electron chi connectivity index (χ4n) is 0.601. The molecule has 0 atom stereocenters. The van der Waals surface area contributed by atoms with Gasteiger partial charge in [0.1, 0.15) is 23.8 Å². The first-order valence-electron chi connectivity index (χ1n) is 3.33. The van der Waals surface area contributed by atoms with Crippen LogP contribution in [0, 0.1) is 12.3 Å². The van der Waals surface area contributed by atoms with Gasteiger partial charge in [-0.25, -0.2) is 15.4 Å². The molecule has 0 unspecified atom stereocenters. The number of hydrogen-bond donors (Lipinski definition) is 2. The second-order valence-electron chi connectivity index (χ2n) is 2.02. The Morgan fingerprint density at radius 1 is 1.69 bits per heavy atom. The summed E-state index contributed by atoms with van der Waals surface area (Å²) in [6, 6.07) is 0. The Hall–Kier alpha value is -1.51. The molecule has 1 rings (SSSR count). The van der Waals surface area contributed by atoms with E-state index in [4.69, 9.17) is 28.6 Å². The molecule has 5 nitrogen and oxygen atoms in total. The molecule has 1 heterocycles. The lowest BCUT2D eigenvalue weighted by molar-refractivity contribution is 0.232. The predicted octanol–water partition coefficient (Wildman–Crippen LogP) is 0.689. The number of rotatable bonds is 3. The summed E-state index contributed by atoms with van der Waals surface area (Å²) < 4.78 is 0. The highest BCUT2D eigenvalue weighted by atomic mass is 35.5. The number of nitrogens with zero attached hydrogens (tertiary/aromatic N) is 2. The number of nitrogens with two attached hydrogens (primary N) is 1. The molecule has 0 spiro atoms. The normalized spacial score (nSPS) is 9.23. The van der Waals surface area contributed by atoms with Crippen molar-refractivity contribution in [3.63, 3.8) is 0 Å². The third-order valence-corrected chi connectivity index (χ3v) is 1.51. The molecule has 1 aromatic rings. The first kappa shape index (κ1) is 9.58. The number of anilines is 2. The molecule has 0 bridgehead atoms. The zero-order chi connectivity index (χ0) is 9.68. The van der Waals surface area contributed by atoms with Crippen LogP contribution in [-0.4, -0.2) is 16.6 Å². The Kier molecular flexibility index (Phi) is 3.31. The molecule has 0 amide bonds. The molecule has 0 saturated heterocycles. The van der Waals surface area contributed by atoms with Gasteiger partial charge in [0.25, 0.3) is 0 Å². The Balaban J connectivity index is 2.67.